The number of aryl methyl sites for hydroxylation is 2. The smallest absolute Gasteiger partial charge is 0.0620 e. The Hall–Kier alpha value is -1.68. The number of benzene rings is 1. The van der Waals surface area contributed by atoms with Gasteiger partial charge in [-0.2, -0.15) is 0 Å². The van der Waals surface area contributed by atoms with Crippen molar-refractivity contribution < 1.29 is 4.21 Å². The third-order valence-electron chi connectivity index (χ3n) is 2.83. The molecule has 4 heteroatoms. The molecule has 3 nitrogen and oxygen atoms in total. The highest BCUT2D eigenvalue weighted by Gasteiger charge is 2.09. The largest absolute Gasteiger partial charge is 0.398 e. The first-order chi connectivity index (χ1) is 8.68. The van der Waals surface area contributed by atoms with Gasteiger partial charge in [0.15, 0.2) is 0 Å². The SMILES string of the molecule is Cc1cccc(S(=O)CCc2cccnc2)c1N. The van der Waals surface area contributed by atoms with Crippen molar-refractivity contribution in [3.8, 4) is 0 Å². The second-order valence-corrected chi connectivity index (χ2v) is 5.69. The molecule has 0 amide bonds. The van der Waals surface area contributed by atoms with Crippen LogP contribution >= 0.6 is 0 Å². The van der Waals surface area contributed by atoms with E-state index in [4.69, 9.17) is 5.73 Å². The Kier molecular flexibility index (Phi) is 4.10. The van der Waals surface area contributed by atoms with Crippen LogP contribution in [0.2, 0.25) is 0 Å². The maximum absolute atomic E-state index is 12.2. The Balaban J connectivity index is 2.07. The van der Waals surface area contributed by atoms with Crippen molar-refractivity contribution in [2.45, 2.75) is 18.2 Å². The Morgan fingerprint density at radius 1 is 1.28 bits per heavy atom. The van der Waals surface area contributed by atoms with Crippen molar-refractivity contribution in [1.29, 1.82) is 0 Å². The summed E-state index contributed by atoms with van der Waals surface area (Å²) in [6.45, 7) is 1.93. The molecule has 0 bridgehead atoms. The maximum atomic E-state index is 12.2. The Bertz CT molecular complexity index is 555. The second-order valence-electron chi connectivity index (χ2n) is 4.15. The van der Waals surface area contributed by atoms with Crippen LogP contribution in [0.5, 0.6) is 0 Å². The minimum Gasteiger partial charge on any atom is -0.398 e. The molecule has 2 rings (SSSR count). The van der Waals surface area contributed by atoms with Gasteiger partial charge in [0.1, 0.15) is 0 Å². The molecule has 1 unspecified atom stereocenters. The Labute approximate surface area is 110 Å². The number of nitrogens with zero attached hydrogens (tertiary/aromatic N) is 1. The van der Waals surface area contributed by atoms with Crippen LogP contribution < -0.4 is 5.73 Å². The number of hydrogen-bond acceptors (Lipinski definition) is 3. The molecule has 0 aliphatic heterocycles. The topological polar surface area (TPSA) is 56.0 Å². The van der Waals surface area contributed by atoms with E-state index in [1.54, 1.807) is 12.4 Å². The molecule has 2 aromatic rings. The van der Waals surface area contributed by atoms with Crippen molar-refractivity contribution in [3.63, 3.8) is 0 Å². The van der Waals surface area contributed by atoms with E-state index < -0.39 is 10.8 Å². The number of para-hydroxylation sites is 1. The summed E-state index contributed by atoms with van der Waals surface area (Å²) in [5.41, 5.74) is 8.66. The Morgan fingerprint density at radius 2 is 2.11 bits per heavy atom. The molecular weight excluding hydrogens is 244 g/mol. The molecule has 0 spiro atoms. The van der Waals surface area contributed by atoms with E-state index >= 15 is 0 Å². The Morgan fingerprint density at radius 3 is 2.83 bits per heavy atom. The monoisotopic (exact) mass is 260 g/mol. The van der Waals surface area contributed by atoms with Crippen molar-refractivity contribution >= 4 is 16.5 Å². The highest BCUT2D eigenvalue weighted by atomic mass is 32.2. The van der Waals surface area contributed by atoms with Gasteiger partial charge in [0.2, 0.25) is 0 Å². The molecule has 0 saturated carbocycles. The molecule has 94 valence electrons. The molecular formula is C14H16N2OS. The van der Waals surface area contributed by atoms with E-state index in [1.807, 2.05) is 37.3 Å². The molecule has 2 N–H and O–H groups in total. The van der Waals surface area contributed by atoms with Gasteiger partial charge in [-0.1, -0.05) is 18.2 Å². The van der Waals surface area contributed by atoms with Crippen molar-refractivity contribution in [3.05, 3.63) is 53.9 Å². The van der Waals surface area contributed by atoms with Crippen LogP contribution in [0.1, 0.15) is 11.1 Å². The maximum Gasteiger partial charge on any atom is 0.0620 e. The molecule has 0 saturated heterocycles. The summed E-state index contributed by atoms with van der Waals surface area (Å²) in [6, 6.07) is 9.53. The van der Waals surface area contributed by atoms with Gasteiger partial charge in [-0.15, -0.1) is 0 Å². The predicted molar refractivity (Wildman–Crippen MR) is 74.8 cm³/mol. The number of nitrogens with two attached hydrogens (primary N) is 1. The molecule has 0 aliphatic carbocycles. The summed E-state index contributed by atoms with van der Waals surface area (Å²) in [6.07, 6.45) is 4.28. The standard InChI is InChI=1S/C14H16N2OS/c1-11-4-2-6-13(14(11)15)18(17)9-7-12-5-3-8-16-10-12/h2-6,8,10H,7,9,15H2,1H3. The highest BCUT2D eigenvalue weighted by Crippen LogP contribution is 2.20. The average molecular weight is 260 g/mol. The van der Waals surface area contributed by atoms with Crippen LogP contribution in [0.15, 0.2) is 47.6 Å². The third kappa shape index (κ3) is 2.96. The molecule has 1 aromatic carbocycles. The van der Waals surface area contributed by atoms with Gasteiger partial charge in [-0.25, -0.2) is 0 Å². The number of nitrogen functional groups attached to an aromatic ring is 1. The first-order valence-corrected chi connectivity index (χ1v) is 7.13. The number of hydrogen-bond donors (Lipinski definition) is 1. The number of pyridine rings is 1. The van der Waals surface area contributed by atoms with Gasteiger partial charge < -0.3 is 5.73 Å². The van der Waals surface area contributed by atoms with E-state index in [1.165, 1.54) is 0 Å². The zero-order chi connectivity index (χ0) is 13.0. The fraction of sp³-hybridized carbons (Fsp3) is 0.214. The second kappa shape index (κ2) is 5.78. The van der Waals surface area contributed by atoms with Crippen LogP contribution in [0.3, 0.4) is 0 Å². The van der Waals surface area contributed by atoms with Crippen molar-refractivity contribution in [2.75, 3.05) is 11.5 Å². The fourth-order valence-electron chi connectivity index (χ4n) is 1.72. The number of anilines is 1. The van der Waals surface area contributed by atoms with Gasteiger partial charge in [0.25, 0.3) is 0 Å². The summed E-state index contributed by atoms with van der Waals surface area (Å²) >= 11 is 0. The minimum atomic E-state index is -1.06. The van der Waals surface area contributed by atoms with E-state index in [-0.39, 0.29) is 0 Å². The fourth-order valence-corrected chi connectivity index (χ4v) is 3.00. The minimum absolute atomic E-state index is 0.569. The predicted octanol–water partition coefficient (Wildman–Crippen LogP) is 2.32. The lowest BCUT2D eigenvalue weighted by Crippen LogP contribution is -2.05. The molecule has 0 aliphatic rings. The first-order valence-electron chi connectivity index (χ1n) is 5.81. The number of aromatic nitrogens is 1. The third-order valence-corrected chi connectivity index (χ3v) is 4.25. The summed E-state index contributed by atoms with van der Waals surface area (Å²) in [4.78, 5) is 4.78. The zero-order valence-electron chi connectivity index (χ0n) is 10.3. The van der Waals surface area contributed by atoms with Gasteiger partial charge in [0, 0.05) is 18.1 Å². The van der Waals surface area contributed by atoms with Crippen LogP contribution in [0.4, 0.5) is 5.69 Å². The van der Waals surface area contributed by atoms with Gasteiger partial charge in [-0.05, 0) is 36.6 Å². The molecule has 1 heterocycles. The van der Waals surface area contributed by atoms with Crippen molar-refractivity contribution in [1.82, 2.24) is 4.98 Å². The first kappa shape index (κ1) is 12.8. The summed E-state index contributed by atoms with van der Waals surface area (Å²) in [7, 11) is -1.06. The van der Waals surface area contributed by atoms with Gasteiger partial charge in [-0.3, -0.25) is 9.19 Å². The lowest BCUT2D eigenvalue weighted by molar-refractivity contribution is 0.682. The molecule has 1 aromatic heterocycles. The lowest BCUT2D eigenvalue weighted by atomic mass is 10.2. The molecule has 1 atom stereocenters. The molecule has 0 radical (unpaired) electrons. The van der Waals surface area contributed by atoms with Crippen LogP contribution in [0.25, 0.3) is 0 Å². The molecule has 18 heavy (non-hydrogen) atoms. The number of rotatable bonds is 4. The van der Waals surface area contributed by atoms with Gasteiger partial charge >= 0.3 is 0 Å². The summed E-state index contributed by atoms with van der Waals surface area (Å²) in [5, 5.41) is 0. The van der Waals surface area contributed by atoms with Crippen LogP contribution in [0, 0.1) is 6.92 Å². The van der Waals surface area contributed by atoms with Crippen LogP contribution in [-0.4, -0.2) is 14.9 Å². The average Bonchev–Trinajstić information content (AvgIpc) is 2.40. The van der Waals surface area contributed by atoms with Crippen LogP contribution in [-0.2, 0) is 17.2 Å². The van der Waals surface area contributed by atoms with E-state index in [0.29, 0.717) is 11.4 Å². The lowest BCUT2D eigenvalue weighted by Gasteiger charge is -2.08. The van der Waals surface area contributed by atoms with Gasteiger partial charge in [0.05, 0.1) is 21.4 Å². The zero-order valence-corrected chi connectivity index (χ0v) is 11.1. The van der Waals surface area contributed by atoms with Crippen molar-refractivity contribution in [2.24, 2.45) is 0 Å². The molecule has 0 fully saturated rings. The normalized spacial score (nSPS) is 12.3. The van der Waals surface area contributed by atoms with E-state index in [9.17, 15) is 4.21 Å². The van der Waals surface area contributed by atoms with E-state index in [2.05, 4.69) is 4.98 Å². The summed E-state index contributed by atoms with van der Waals surface area (Å²) in [5.74, 6) is 0.569. The quantitative estimate of drug-likeness (QED) is 0.858. The van der Waals surface area contributed by atoms with E-state index in [0.717, 1.165) is 22.4 Å². The summed E-state index contributed by atoms with van der Waals surface area (Å²) < 4.78 is 12.2. The highest BCUT2D eigenvalue weighted by molar-refractivity contribution is 7.85.